The van der Waals surface area contributed by atoms with Crippen molar-refractivity contribution >= 4 is 11.7 Å². The number of carbonyl (C=O) groups excluding carboxylic acids is 1. The fourth-order valence-electron chi connectivity index (χ4n) is 1.35. The van der Waals surface area contributed by atoms with Crippen LogP contribution in [0.1, 0.15) is 22.8 Å². The van der Waals surface area contributed by atoms with Gasteiger partial charge < -0.3 is 4.74 Å². The molecule has 0 saturated heterocycles. The zero-order chi connectivity index (χ0) is 13.9. The minimum atomic E-state index is -4.87. The maximum atomic E-state index is 12.7. The molecule has 0 aliphatic heterocycles. The zero-order valence-corrected chi connectivity index (χ0v) is 9.15. The van der Waals surface area contributed by atoms with Gasteiger partial charge in [0.25, 0.3) is 5.69 Å². The third-order valence-corrected chi connectivity index (χ3v) is 2.02. The Labute approximate surface area is 99.3 Å². The number of hydrogen-bond donors (Lipinski definition) is 0. The van der Waals surface area contributed by atoms with Gasteiger partial charge in [0.05, 0.1) is 17.1 Å². The Kier molecular flexibility index (Phi) is 3.89. The molecule has 1 rings (SSSR count). The number of carbonyl (C=O) groups is 1. The number of benzene rings is 1. The maximum absolute atomic E-state index is 12.7. The number of esters is 1. The number of alkyl halides is 3. The van der Waals surface area contributed by atoms with E-state index >= 15 is 0 Å². The second-order valence-corrected chi connectivity index (χ2v) is 3.18. The molecular formula is C10H8F3NO4. The summed E-state index contributed by atoms with van der Waals surface area (Å²) >= 11 is 0. The van der Waals surface area contributed by atoms with E-state index in [0.717, 1.165) is 12.1 Å². The second-order valence-electron chi connectivity index (χ2n) is 3.18. The first kappa shape index (κ1) is 13.9. The van der Waals surface area contributed by atoms with Crippen LogP contribution in [0.25, 0.3) is 0 Å². The number of nitrogens with zero attached hydrogens (tertiary/aromatic N) is 1. The van der Waals surface area contributed by atoms with Gasteiger partial charge in [-0.15, -0.1) is 0 Å². The highest BCUT2D eigenvalue weighted by Crippen LogP contribution is 2.36. The van der Waals surface area contributed by atoms with Gasteiger partial charge in [0, 0.05) is 6.07 Å². The topological polar surface area (TPSA) is 69.4 Å². The molecule has 0 bridgehead atoms. The van der Waals surface area contributed by atoms with Gasteiger partial charge in [-0.2, -0.15) is 13.2 Å². The summed E-state index contributed by atoms with van der Waals surface area (Å²) in [5, 5.41) is 10.6. The highest BCUT2D eigenvalue weighted by molar-refractivity contribution is 5.95. The monoisotopic (exact) mass is 263 g/mol. The molecule has 0 aliphatic rings. The normalized spacial score (nSPS) is 11.1. The summed E-state index contributed by atoms with van der Waals surface area (Å²) in [4.78, 5) is 21.0. The second kappa shape index (κ2) is 5.03. The van der Waals surface area contributed by atoms with E-state index in [-0.39, 0.29) is 6.61 Å². The standard InChI is InChI=1S/C10H8F3NO4/c1-2-18-9(15)8-6(10(11,12)13)4-3-5-7(8)14(16)17/h3-5H,2H2,1H3. The fourth-order valence-corrected chi connectivity index (χ4v) is 1.35. The minimum Gasteiger partial charge on any atom is -0.462 e. The molecule has 5 nitrogen and oxygen atoms in total. The van der Waals surface area contributed by atoms with Crippen molar-refractivity contribution in [2.45, 2.75) is 13.1 Å². The van der Waals surface area contributed by atoms with Crippen LogP contribution in [0.3, 0.4) is 0 Å². The SMILES string of the molecule is CCOC(=O)c1c([N+](=O)[O-])cccc1C(F)(F)F. The number of nitro groups is 1. The van der Waals surface area contributed by atoms with E-state index in [4.69, 9.17) is 0 Å². The quantitative estimate of drug-likeness (QED) is 0.477. The molecule has 0 amide bonds. The van der Waals surface area contributed by atoms with E-state index in [0.29, 0.717) is 6.07 Å². The number of hydrogen-bond acceptors (Lipinski definition) is 4. The largest absolute Gasteiger partial charge is 0.462 e. The first-order chi connectivity index (χ1) is 8.29. The van der Waals surface area contributed by atoms with E-state index in [1.54, 1.807) is 0 Å². The molecule has 0 spiro atoms. The Morgan fingerprint density at radius 1 is 1.44 bits per heavy atom. The van der Waals surface area contributed by atoms with Crippen LogP contribution in [-0.2, 0) is 10.9 Å². The number of halogens is 3. The molecule has 0 saturated carbocycles. The lowest BCUT2D eigenvalue weighted by Crippen LogP contribution is -2.17. The molecule has 0 fully saturated rings. The van der Waals surface area contributed by atoms with Crippen molar-refractivity contribution in [3.63, 3.8) is 0 Å². The van der Waals surface area contributed by atoms with Gasteiger partial charge >= 0.3 is 12.1 Å². The predicted molar refractivity (Wildman–Crippen MR) is 54.1 cm³/mol. The average molecular weight is 263 g/mol. The molecule has 0 unspecified atom stereocenters. The van der Waals surface area contributed by atoms with Gasteiger partial charge in [-0.3, -0.25) is 10.1 Å². The van der Waals surface area contributed by atoms with Gasteiger partial charge in [0.15, 0.2) is 0 Å². The molecule has 0 aromatic heterocycles. The number of nitro benzene ring substituents is 1. The maximum Gasteiger partial charge on any atom is 0.417 e. The van der Waals surface area contributed by atoms with E-state index in [9.17, 15) is 28.1 Å². The Morgan fingerprint density at radius 3 is 2.50 bits per heavy atom. The van der Waals surface area contributed by atoms with Crippen molar-refractivity contribution in [2.24, 2.45) is 0 Å². The molecule has 1 aromatic carbocycles. The molecule has 0 radical (unpaired) electrons. The lowest BCUT2D eigenvalue weighted by atomic mass is 10.1. The molecule has 98 valence electrons. The molecule has 18 heavy (non-hydrogen) atoms. The van der Waals surface area contributed by atoms with Gasteiger partial charge in [0.2, 0.25) is 0 Å². The van der Waals surface area contributed by atoms with Gasteiger partial charge in [-0.1, -0.05) is 6.07 Å². The lowest BCUT2D eigenvalue weighted by molar-refractivity contribution is -0.385. The van der Waals surface area contributed by atoms with Crippen LogP contribution in [0.15, 0.2) is 18.2 Å². The number of ether oxygens (including phenoxy) is 1. The summed E-state index contributed by atoms with van der Waals surface area (Å²) in [6.07, 6.45) is -4.87. The van der Waals surface area contributed by atoms with E-state index in [1.165, 1.54) is 6.92 Å². The van der Waals surface area contributed by atoms with Crippen molar-refractivity contribution < 1.29 is 27.6 Å². The first-order valence-electron chi connectivity index (χ1n) is 4.80. The molecule has 1 aromatic rings. The van der Waals surface area contributed by atoms with Crippen LogP contribution >= 0.6 is 0 Å². The highest BCUT2D eigenvalue weighted by Gasteiger charge is 2.39. The van der Waals surface area contributed by atoms with Crippen LogP contribution in [0.2, 0.25) is 0 Å². The zero-order valence-electron chi connectivity index (χ0n) is 9.15. The van der Waals surface area contributed by atoms with Crippen LogP contribution in [0.5, 0.6) is 0 Å². The molecule has 0 heterocycles. The molecule has 0 N–H and O–H groups in total. The molecule has 8 heteroatoms. The van der Waals surface area contributed by atoms with Crippen LogP contribution in [0, 0.1) is 10.1 Å². The van der Waals surface area contributed by atoms with E-state index < -0.39 is 33.9 Å². The van der Waals surface area contributed by atoms with Crippen LogP contribution in [-0.4, -0.2) is 17.5 Å². The minimum absolute atomic E-state index is 0.178. The fraction of sp³-hybridized carbons (Fsp3) is 0.300. The smallest absolute Gasteiger partial charge is 0.417 e. The van der Waals surface area contributed by atoms with Gasteiger partial charge in [0.1, 0.15) is 5.56 Å². The predicted octanol–water partition coefficient (Wildman–Crippen LogP) is 2.79. The summed E-state index contributed by atoms with van der Waals surface area (Å²) in [5.41, 5.74) is -3.38. The Bertz CT molecular complexity index is 485. The van der Waals surface area contributed by atoms with E-state index in [2.05, 4.69) is 4.74 Å². The lowest BCUT2D eigenvalue weighted by Gasteiger charge is -2.11. The average Bonchev–Trinajstić information content (AvgIpc) is 2.27. The van der Waals surface area contributed by atoms with E-state index in [1.807, 2.05) is 0 Å². The summed E-state index contributed by atoms with van der Waals surface area (Å²) in [6.45, 7) is 1.21. The highest BCUT2D eigenvalue weighted by atomic mass is 19.4. The Morgan fingerprint density at radius 2 is 2.06 bits per heavy atom. The summed E-state index contributed by atoms with van der Waals surface area (Å²) < 4.78 is 42.4. The molecular weight excluding hydrogens is 255 g/mol. The van der Waals surface area contributed by atoms with Crippen molar-refractivity contribution in [3.8, 4) is 0 Å². The Hall–Kier alpha value is -2.12. The van der Waals surface area contributed by atoms with Gasteiger partial charge in [-0.25, -0.2) is 4.79 Å². The summed E-state index contributed by atoms with van der Waals surface area (Å²) in [5.74, 6) is -1.36. The third kappa shape index (κ3) is 2.76. The van der Waals surface area contributed by atoms with Crippen molar-refractivity contribution in [2.75, 3.05) is 6.61 Å². The molecule has 0 aliphatic carbocycles. The number of rotatable bonds is 3. The van der Waals surface area contributed by atoms with Crippen molar-refractivity contribution in [1.29, 1.82) is 0 Å². The van der Waals surface area contributed by atoms with Crippen LogP contribution in [0.4, 0.5) is 18.9 Å². The first-order valence-corrected chi connectivity index (χ1v) is 4.80. The summed E-state index contributed by atoms with van der Waals surface area (Å²) in [7, 11) is 0. The van der Waals surface area contributed by atoms with Crippen LogP contribution < -0.4 is 0 Å². The Balaban J connectivity index is 3.49. The third-order valence-electron chi connectivity index (χ3n) is 2.02. The van der Waals surface area contributed by atoms with Crippen molar-refractivity contribution in [1.82, 2.24) is 0 Å². The summed E-state index contributed by atoms with van der Waals surface area (Å²) in [6, 6.07) is 2.28. The van der Waals surface area contributed by atoms with Gasteiger partial charge in [-0.05, 0) is 13.0 Å². The van der Waals surface area contributed by atoms with Crippen molar-refractivity contribution in [3.05, 3.63) is 39.4 Å². The molecule has 0 atom stereocenters.